The monoisotopic (exact) mass is 330 g/mol. The molecule has 0 aliphatic carbocycles. The third kappa shape index (κ3) is 3.02. The Hall–Kier alpha value is -2.58. The molecule has 0 radical (unpaired) electrons. The zero-order valence-corrected chi connectivity index (χ0v) is 12.9. The minimum absolute atomic E-state index is 0.0686. The van der Waals surface area contributed by atoms with Crippen LogP contribution >= 0.6 is 23.6 Å². The summed E-state index contributed by atoms with van der Waals surface area (Å²) in [6.45, 7) is 0. The Morgan fingerprint density at radius 1 is 1.36 bits per heavy atom. The number of nitrogens with one attached hydrogen (secondary N) is 2. The van der Waals surface area contributed by atoms with E-state index in [2.05, 4.69) is 27.7 Å². The molecule has 0 atom stereocenters. The summed E-state index contributed by atoms with van der Waals surface area (Å²) in [5.74, 6) is 0.647. The molecular formula is C14H12N5OS2+. The lowest BCUT2D eigenvalue weighted by Gasteiger charge is -2.00. The molecule has 0 bridgehead atoms. The molecule has 0 amide bonds. The van der Waals surface area contributed by atoms with Gasteiger partial charge in [0.25, 0.3) is 0 Å². The van der Waals surface area contributed by atoms with Gasteiger partial charge in [0, 0.05) is 5.39 Å². The molecule has 0 aliphatic rings. The number of thiazole rings is 1. The van der Waals surface area contributed by atoms with E-state index in [1.165, 1.54) is 6.21 Å². The first-order chi connectivity index (χ1) is 10.6. The van der Waals surface area contributed by atoms with Crippen LogP contribution in [0.25, 0.3) is 16.6 Å². The van der Waals surface area contributed by atoms with Crippen molar-refractivity contribution in [1.29, 1.82) is 0 Å². The van der Waals surface area contributed by atoms with Crippen LogP contribution in [0.2, 0.25) is 0 Å². The molecule has 3 aromatic rings. The lowest BCUT2D eigenvalue weighted by molar-refractivity contribution is -0.597. The molecule has 1 aromatic carbocycles. The Morgan fingerprint density at radius 2 is 2.14 bits per heavy atom. The SMILES string of the molecule is NC(=S)N/N=C\c1sc(=O)[nH]c1-[n+]1ccc2ccccc2c1. The maximum atomic E-state index is 11.7. The number of nitrogens with zero attached hydrogens (tertiary/aromatic N) is 2. The van der Waals surface area contributed by atoms with Crippen LogP contribution in [0.3, 0.4) is 0 Å². The van der Waals surface area contributed by atoms with Crippen molar-refractivity contribution in [1.82, 2.24) is 10.4 Å². The summed E-state index contributed by atoms with van der Waals surface area (Å²) in [5, 5.41) is 6.17. The number of H-pyrrole nitrogens is 1. The van der Waals surface area contributed by atoms with E-state index in [4.69, 9.17) is 5.73 Å². The molecular weight excluding hydrogens is 318 g/mol. The molecule has 4 N–H and O–H groups in total. The van der Waals surface area contributed by atoms with Gasteiger partial charge in [-0.05, 0) is 35.0 Å². The maximum Gasteiger partial charge on any atom is 0.390 e. The fraction of sp³-hybridized carbons (Fsp3) is 0. The van der Waals surface area contributed by atoms with E-state index >= 15 is 0 Å². The van der Waals surface area contributed by atoms with E-state index in [-0.39, 0.29) is 9.99 Å². The van der Waals surface area contributed by atoms with E-state index in [9.17, 15) is 4.79 Å². The largest absolute Gasteiger partial charge is 0.390 e. The number of fused-ring (bicyclic) bond motifs is 1. The number of benzene rings is 1. The van der Waals surface area contributed by atoms with Crippen LogP contribution in [0.15, 0.2) is 52.6 Å². The topological polar surface area (TPSA) is 87.1 Å². The number of nitrogens with two attached hydrogens (primary N) is 1. The highest BCUT2D eigenvalue weighted by atomic mass is 32.1. The highest BCUT2D eigenvalue weighted by Gasteiger charge is 2.16. The normalized spacial score (nSPS) is 11.1. The highest BCUT2D eigenvalue weighted by Crippen LogP contribution is 2.12. The zero-order chi connectivity index (χ0) is 15.5. The minimum Gasteiger partial charge on any atom is -0.375 e. The van der Waals surface area contributed by atoms with E-state index in [0.717, 1.165) is 22.1 Å². The van der Waals surface area contributed by atoms with Crippen LogP contribution < -0.4 is 20.6 Å². The van der Waals surface area contributed by atoms with E-state index in [1.807, 2.05) is 47.3 Å². The molecule has 0 saturated carbocycles. The molecule has 110 valence electrons. The third-order valence-corrected chi connectivity index (χ3v) is 3.86. The van der Waals surface area contributed by atoms with E-state index in [1.54, 1.807) is 0 Å². The number of pyridine rings is 1. The van der Waals surface area contributed by atoms with Gasteiger partial charge in [-0.15, -0.1) is 0 Å². The van der Waals surface area contributed by atoms with Crippen LogP contribution in [0.4, 0.5) is 0 Å². The van der Waals surface area contributed by atoms with Gasteiger partial charge in [0.1, 0.15) is 11.1 Å². The van der Waals surface area contributed by atoms with Gasteiger partial charge in [0.2, 0.25) is 0 Å². The molecule has 0 saturated heterocycles. The number of aromatic amines is 1. The Kier molecular flexibility index (Phi) is 3.94. The molecule has 0 aliphatic heterocycles. The zero-order valence-electron chi connectivity index (χ0n) is 11.3. The number of aromatic nitrogens is 2. The van der Waals surface area contributed by atoms with Gasteiger partial charge < -0.3 is 5.73 Å². The Morgan fingerprint density at radius 3 is 2.91 bits per heavy atom. The maximum absolute atomic E-state index is 11.7. The first-order valence-electron chi connectivity index (χ1n) is 6.35. The number of rotatable bonds is 3. The Labute approximate surface area is 134 Å². The standard InChI is InChI=1S/C14H11N5OS2/c15-13(21)18-16-7-11-12(17-14(20)22-11)19-6-5-9-3-1-2-4-10(9)8-19/h1-8H,(H3-,15,16,17,18,20,21)/p+1. The van der Waals surface area contributed by atoms with Gasteiger partial charge in [0.15, 0.2) is 5.11 Å². The molecule has 8 heteroatoms. The Balaban J connectivity index is 2.04. The number of hydrogen-bond donors (Lipinski definition) is 3. The minimum atomic E-state index is -0.160. The van der Waals surface area contributed by atoms with Crippen LogP contribution in [0.1, 0.15) is 4.88 Å². The average Bonchev–Trinajstić information content (AvgIpc) is 2.87. The average molecular weight is 330 g/mol. The summed E-state index contributed by atoms with van der Waals surface area (Å²) in [4.78, 5) is 15.0. The van der Waals surface area contributed by atoms with Crippen molar-refractivity contribution in [3.05, 3.63) is 57.3 Å². The molecule has 0 fully saturated rings. The second-order valence-corrected chi connectivity index (χ2v) is 5.90. The number of hydrazone groups is 1. The molecule has 0 unspecified atom stereocenters. The van der Waals surface area contributed by atoms with Gasteiger partial charge in [-0.1, -0.05) is 24.3 Å². The predicted octanol–water partition coefficient (Wildman–Crippen LogP) is 1.03. The van der Waals surface area contributed by atoms with Crippen molar-refractivity contribution in [3.8, 4) is 5.82 Å². The fourth-order valence-electron chi connectivity index (χ4n) is 2.04. The van der Waals surface area contributed by atoms with Gasteiger partial charge in [-0.2, -0.15) is 10.1 Å². The Bertz CT molecular complexity index is 928. The third-order valence-electron chi connectivity index (χ3n) is 2.96. The number of hydrogen-bond acceptors (Lipinski definition) is 4. The fourth-order valence-corrected chi connectivity index (χ4v) is 2.80. The number of thiocarbonyl (C=S) groups is 1. The molecule has 22 heavy (non-hydrogen) atoms. The molecule has 3 rings (SSSR count). The summed E-state index contributed by atoms with van der Waals surface area (Å²) < 4.78 is 1.85. The predicted molar refractivity (Wildman–Crippen MR) is 91.5 cm³/mol. The molecule has 2 heterocycles. The summed E-state index contributed by atoms with van der Waals surface area (Å²) in [5.41, 5.74) is 7.78. The quantitative estimate of drug-likeness (QED) is 0.290. The van der Waals surface area contributed by atoms with Gasteiger partial charge in [-0.3, -0.25) is 5.43 Å². The second kappa shape index (κ2) is 6.04. The summed E-state index contributed by atoms with van der Waals surface area (Å²) >= 11 is 5.74. The lowest BCUT2D eigenvalue weighted by Crippen LogP contribution is -2.32. The summed E-state index contributed by atoms with van der Waals surface area (Å²) in [7, 11) is 0. The van der Waals surface area contributed by atoms with Crippen LogP contribution in [-0.4, -0.2) is 16.3 Å². The van der Waals surface area contributed by atoms with Gasteiger partial charge in [-0.25, -0.2) is 9.36 Å². The molecule has 0 spiro atoms. The van der Waals surface area contributed by atoms with Crippen molar-refractivity contribution in [2.24, 2.45) is 10.8 Å². The first kappa shape index (κ1) is 14.4. The van der Waals surface area contributed by atoms with Crippen LogP contribution in [0.5, 0.6) is 0 Å². The van der Waals surface area contributed by atoms with Crippen LogP contribution in [-0.2, 0) is 0 Å². The van der Waals surface area contributed by atoms with Gasteiger partial charge >= 0.3 is 10.7 Å². The highest BCUT2D eigenvalue weighted by molar-refractivity contribution is 7.80. The summed E-state index contributed by atoms with van der Waals surface area (Å²) in [6.07, 6.45) is 5.35. The summed E-state index contributed by atoms with van der Waals surface area (Å²) in [6, 6.07) is 9.98. The van der Waals surface area contributed by atoms with Crippen molar-refractivity contribution in [3.63, 3.8) is 0 Å². The second-order valence-electron chi connectivity index (χ2n) is 4.44. The molecule has 6 nitrogen and oxygen atoms in total. The van der Waals surface area contributed by atoms with Crippen LogP contribution in [0, 0.1) is 0 Å². The first-order valence-corrected chi connectivity index (χ1v) is 7.58. The van der Waals surface area contributed by atoms with Crippen molar-refractivity contribution in [2.45, 2.75) is 0 Å². The van der Waals surface area contributed by atoms with Crippen molar-refractivity contribution in [2.75, 3.05) is 0 Å². The van der Waals surface area contributed by atoms with E-state index < -0.39 is 0 Å². The van der Waals surface area contributed by atoms with E-state index in [0.29, 0.717) is 10.7 Å². The van der Waals surface area contributed by atoms with Crippen molar-refractivity contribution < 1.29 is 4.57 Å². The van der Waals surface area contributed by atoms with Crippen molar-refractivity contribution >= 4 is 45.7 Å². The molecule has 2 aromatic heterocycles. The smallest absolute Gasteiger partial charge is 0.375 e. The lowest BCUT2D eigenvalue weighted by atomic mass is 10.2. The van der Waals surface area contributed by atoms with Gasteiger partial charge in [0.05, 0.1) is 12.4 Å².